The van der Waals surface area contributed by atoms with Crippen LogP contribution in [0.25, 0.3) is 22.3 Å². The number of halogens is 1. The van der Waals surface area contributed by atoms with Crippen LogP contribution in [0.3, 0.4) is 0 Å². The second-order valence-corrected chi connectivity index (χ2v) is 8.00. The van der Waals surface area contributed by atoms with Crippen LogP contribution in [0.4, 0.5) is 14.9 Å². The third kappa shape index (κ3) is 4.37. The van der Waals surface area contributed by atoms with Crippen LogP contribution in [0.1, 0.15) is 22.8 Å². The molecule has 29 heavy (non-hydrogen) atoms. The van der Waals surface area contributed by atoms with Gasteiger partial charge in [-0.25, -0.2) is 22.4 Å². The molecule has 0 fully saturated rings. The van der Waals surface area contributed by atoms with Gasteiger partial charge in [-0.05, 0) is 42.3 Å². The molecule has 0 aliphatic heterocycles. The van der Waals surface area contributed by atoms with Crippen LogP contribution in [0.15, 0.2) is 40.8 Å². The monoisotopic (exact) mass is 420 g/mol. The van der Waals surface area contributed by atoms with Crippen molar-refractivity contribution in [2.45, 2.75) is 13.3 Å². The van der Waals surface area contributed by atoms with E-state index in [1.807, 2.05) is 0 Å². The first-order chi connectivity index (χ1) is 13.6. The molecule has 2 aromatic carbocycles. The lowest BCUT2D eigenvalue weighted by Gasteiger charge is -2.09. The van der Waals surface area contributed by atoms with Crippen molar-refractivity contribution in [1.82, 2.24) is 0 Å². The fourth-order valence-electron chi connectivity index (χ4n) is 2.92. The highest BCUT2D eigenvalue weighted by Gasteiger charge is 2.26. The molecule has 0 bridgehead atoms. The Morgan fingerprint density at radius 1 is 1.21 bits per heavy atom. The van der Waals surface area contributed by atoms with Crippen molar-refractivity contribution in [2.75, 3.05) is 11.0 Å². The SMILES string of the molecule is CCc1cc2c(C(=O)OC(N)=O)c(-c3ccc(F)cc3)oc2cc1NS(C)(=O)=O. The van der Waals surface area contributed by atoms with E-state index >= 15 is 0 Å². The number of esters is 1. The minimum Gasteiger partial charge on any atom is -0.455 e. The topological polar surface area (TPSA) is 129 Å². The Morgan fingerprint density at radius 3 is 2.41 bits per heavy atom. The molecule has 0 saturated carbocycles. The number of nitrogens with one attached hydrogen (secondary N) is 1. The first-order valence-electron chi connectivity index (χ1n) is 8.43. The summed E-state index contributed by atoms with van der Waals surface area (Å²) in [6.07, 6.45) is 0.161. The van der Waals surface area contributed by atoms with Gasteiger partial charge in [0.25, 0.3) is 0 Å². The number of furan rings is 1. The molecule has 0 radical (unpaired) electrons. The van der Waals surface area contributed by atoms with Crippen molar-refractivity contribution in [3.63, 3.8) is 0 Å². The molecular formula is C19H17FN2O6S. The van der Waals surface area contributed by atoms with Crippen molar-refractivity contribution in [3.05, 3.63) is 53.3 Å². The molecule has 8 nitrogen and oxygen atoms in total. The van der Waals surface area contributed by atoms with E-state index < -0.39 is 27.9 Å². The van der Waals surface area contributed by atoms with Crippen LogP contribution in [0.5, 0.6) is 0 Å². The first-order valence-corrected chi connectivity index (χ1v) is 10.3. The van der Waals surface area contributed by atoms with Crippen molar-refractivity contribution in [2.24, 2.45) is 5.73 Å². The van der Waals surface area contributed by atoms with Gasteiger partial charge in [-0.3, -0.25) is 4.72 Å². The number of hydrogen-bond donors (Lipinski definition) is 2. The van der Waals surface area contributed by atoms with Crippen LogP contribution in [0, 0.1) is 5.82 Å². The average Bonchev–Trinajstić information content (AvgIpc) is 2.98. The molecule has 1 amide bonds. The van der Waals surface area contributed by atoms with Crippen LogP contribution >= 0.6 is 0 Å². The smallest absolute Gasteiger partial charge is 0.412 e. The first kappa shape index (κ1) is 20.3. The van der Waals surface area contributed by atoms with E-state index in [0.717, 1.165) is 6.26 Å². The number of primary amides is 1. The van der Waals surface area contributed by atoms with Gasteiger partial charge in [-0.2, -0.15) is 0 Å². The fraction of sp³-hybridized carbons (Fsp3) is 0.158. The molecule has 0 atom stereocenters. The summed E-state index contributed by atoms with van der Waals surface area (Å²) in [4.78, 5) is 23.6. The van der Waals surface area contributed by atoms with Gasteiger partial charge in [-0.1, -0.05) is 6.92 Å². The minimum atomic E-state index is -3.56. The molecule has 0 spiro atoms. The second kappa shape index (κ2) is 7.55. The number of anilines is 1. The maximum Gasteiger partial charge on any atom is 0.412 e. The number of ether oxygens (including phenoxy) is 1. The van der Waals surface area contributed by atoms with Crippen molar-refractivity contribution >= 4 is 38.7 Å². The highest BCUT2D eigenvalue weighted by Crippen LogP contribution is 2.37. The number of sulfonamides is 1. The van der Waals surface area contributed by atoms with Crippen LogP contribution in [-0.2, 0) is 21.2 Å². The van der Waals surface area contributed by atoms with Gasteiger partial charge < -0.3 is 14.9 Å². The Bertz CT molecular complexity index is 1220. The predicted octanol–water partition coefficient (Wildman–Crippen LogP) is 3.41. The highest BCUT2D eigenvalue weighted by atomic mass is 32.2. The summed E-state index contributed by atoms with van der Waals surface area (Å²) in [6, 6.07) is 8.15. The minimum absolute atomic E-state index is 0.0322. The van der Waals surface area contributed by atoms with E-state index in [0.29, 0.717) is 22.9 Å². The van der Waals surface area contributed by atoms with Crippen molar-refractivity contribution in [3.8, 4) is 11.3 Å². The quantitative estimate of drug-likeness (QED) is 0.481. The van der Waals surface area contributed by atoms with Crippen molar-refractivity contribution < 1.29 is 31.6 Å². The van der Waals surface area contributed by atoms with E-state index in [9.17, 15) is 22.4 Å². The molecule has 3 rings (SSSR count). The highest BCUT2D eigenvalue weighted by molar-refractivity contribution is 7.92. The third-order valence-electron chi connectivity index (χ3n) is 4.09. The maximum absolute atomic E-state index is 13.3. The van der Waals surface area contributed by atoms with E-state index in [-0.39, 0.29) is 22.6 Å². The van der Waals surface area contributed by atoms with Gasteiger partial charge in [0, 0.05) is 17.0 Å². The average molecular weight is 420 g/mol. The number of carbonyl (C=O) groups excluding carboxylic acids is 2. The van der Waals surface area contributed by atoms with E-state index in [4.69, 9.17) is 10.2 Å². The lowest BCUT2D eigenvalue weighted by Crippen LogP contribution is -2.18. The number of rotatable bonds is 5. The summed E-state index contributed by atoms with van der Waals surface area (Å²) in [7, 11) is -3.56. The molecule has 0 unspecified atom stereocenters. The third-order valence-corrected chi connectivity index (χ3v) is 4.68. The molecular weight excluding hydrogens is 403 g/mol. The molecule has 0 saturated heterocycles. The lowest BCUT2D eigenvalue weighted by atomic mass is 10.0. The van der Waals surface area contributed by atoms with Crippen LogP contribution < -0.4 is 10.5 Å². The van der Waals surface area contributed by atoms with Gasteiger partial charge in [0.1, 0.15) is 22.7 Å². The van der Waals surface area contributed by atoms with Crippen LogP contribution in [0.2, 0.25) is 0 Å². The summed E-state index contributed by atoms with van der Waals surface area (Å²) in [6.45, 7) is 1.80. The zero-order chi connectivity index (χ0) is 21.3. The number of hydrogen-bond acceptors (Lipinski definition) is 6. The Morgan fingerprint density at radius 2 is 1.86 bits per heavy atom. The van der Waals surface area contributed by atoms with Gasteiger partial charge >= 0.3 is 12.1 Å². The van der Waals surface area contributed by atoms with E-state index in [2.05, 4.69) is 9.46 Å². The largest absolute Gasteiger partial charge is 0.455 e. The molecule has 1 heterocycles. The standard InChI is InChI=1S/C19H17FN2O6S/c1-3-10-8-13-15(9-14(10)22-29(2,25)26)27-17(11-4-6-12(20)7-5-11)16(13)18(23)28-19(21)24/h4-9,22H,3H2,1-2H3,(H2,21,24). The molecule has 3 aromatic rings. The summed E-state index contributed by atoms with van der Waals surface area (Å²) < 4.78 is 49.3. The summed E-state index contributed by atoms with van der Waals surface area (Å²) in [5.74, 6) is -1.50. The summed E-state index contributed by atoms with van der Waals surface area (Å²) in [5.41, 5.74) is 6.29. The zero-order valence-corrected chi connectivity index (χ0v) is 16.3. The Labute approximate surface area is 165 Å². The normalized spacial score (nSPS) is 11.4. The fourth-order valence-corrected chi connectivity index (χ4v) is 3.51. The molecule has 152 valence electrons. The molecule has 10 heteroatoms. The Balaban J connectivity index is 2.29. The number of aryl methyl sites for hydroxylation is 1. The molecule has 1 aromatic heterocycles. The number of fused-ring (bicyclic) bond motifs is 1. The van der Waals surface area contributed by atoms with Gasteiger partial charge in [0.2, 0.25) is 10.0 Å². The molecule has 0 aliphatic carbocycles. The van der Waals surface area contributed by atoms with E-state index in [1.165, 1.54) is 30.3 Å². The second-order valence-electron chi connectivity index (χ2n) is 6.25. The number of nitrogens with two attached hydrogens (primary N) is 1. The van der Waals surface area contributed by atoms with Gasteiger partial charge in [0.15, 0.2) is 0 Å². The number of carbonyl (C=O) groups is 2. The van der Waals surface area contributed by atoms with Gasteiger partial charge in [-0.15, -0.1) is 0 Å². The summed E-state index contributed by atoms with van der Waals surface area (Å²) in [5, 5.41) is 0.298. The number of amides is 1. The Hall–Kier alpha value is -3.40. The van der Waals surface area contributed by atoms with Crippen molar-refractivity contribution in [1.29, 1.82) is 0 Å². The zero-order valence-electron chi connectivity index (χ0n) is 15.5. The van der Waals surface area contributed by atoms with Gasteiger partial charge in [0.05, 0.1) is 11.9 Å². The Kier molecular flexibility index (Phi) is 5.29. The van der Waals surface area contributed by atoms with Crippen LogP contribution in [-0.4, -0.2) is 26.7 Å². The lowest BCUT2D eigenvalue weighted by molar-refractivity contribution is 0.0640. The maximum atomic E-state index is 13.3. The molecule has 0 aliphatic rings. The predicted molar refractivity (Wildman–Crippen MR) is 104 cm³/mol. The van der Waals surface area contributed by atoms with E-state index in [1.54, 1.807) is 13.0 Å². The molecule has 3 N–H and O–H groups in total. The number of benzene rings is 2. The summed E-state index contributed by atoms with van der Waals surface area (Å²) >= 11 is 0.